The molecule has 1 N–H and O–H groups in total. The first-order chi connectivity index (χ1) is 8.66. The summed E-state index contributed by atoms with van der Waals surface area (Å²) in [5, 5.41) is 9.14. The van der Waals surface area contributed by atoms with Gasteiger partial charge in [0.05, 0.1) is 11.6 Å². The smallest absolute Gasteiger partial charge is 0.306 e. The third kappa shape index (κ3) is 1.84. The van der Waals surface area contributed by atoms with Crippen molar-refractivity contribution in [3.63, 3.8) is 0 Å². The molecule has 0 aromatic carbocycles. The van der Waals surface area contributed by atoms with Crippen molar-refractivity contribution in [3.05, 3.63) is 17.2 Å². The zero-order valence-corrected chi connectivity index (χ0v) is 10.9. The quantitative estimate of drug-likeness (QED) is 0.873. The van der Waals surface area contributed by atoms with E-state index in [4.69, 9.17) is 10.1 Å². The summed E-state index contributed by atoms with van der Waals surface area (Å²) in [5.41, 5.74) is 2.31. The maximum absolute atomic E-state index is 11.1. The van der Waals surface area contributed by atoms with Crippen LogP contribution >= 0.6 is 0 Å². The van der Waals surface area contributed by atoms with Crippen molar-refractivity contribution in [2.75, 3.05) is 0 Å². The lowest BCUT2D eigenvalue weighted by Gasteiger charge is -2.19. The molecule has 1 atom stereocenters. The molecule has 0 amide bonds. The number of hydrogen-bond acceptors (Lipinski definition) is 2. The Morgan fingerprint density at radius 1 is 1.33 bits per heavy atom. The highest BCUT2D eigenvalue weighted by molar-refractivity contribution is 5.70. The number of aliphatic carboxylic acids is 1. The molecule has 0 bridgehead atoms. The van der Waals surface area contributed by atoms with Crippen molar-refractivity contribution in [2.45, 2.75) is 50.9 Å². The number of aromatic nitrogens is 2. The maximum Gasteiger partial charge on any atom is 0.306 e. The van der Waals surface area contributed by atoms with E-state index in [9.17, 15) is 4.79 Å². The van der Waals surface area contributed by atoms with Gasteiger partial charge in [-0.05, 0) is 25.7 Å². The van der Waals surface area contributed by atoms with E-state index in [0.29, 0.717) is 12.3 Å². The van der Waals surface area contributed by atoms with Crippen LogP contribution in [0.1, 0.15) is 55.2 Å². The molecular formula is C14H20N2O2. The summed E-state index contributed by atoms with van der Waals surface area (Å²) in [6.45, 7) is 0. The molecule has 18 heavy (non-hydrogen) atoms. The number of fused-ring (bicyclic) bond motifs is 1. The van der Waals surface area contributed by atoms with Crippen LogP contribution in [0.25, 0.3) is 0 Å². The van der Waals surface area contributed by atoms with Crippen molar-refractivity contribution in [1.29, 1.82) is 0 Å². The summed E-state index contributed by atoms with van der Waals surface area (Å²) in [6, 6.07) is 0. The molecule has 0 radical (unpaired) electrons. The van der Waals surface area contributed by atoms with Crippen LogP contribution in [0.2, 0.25) is 0 Å². The number of imidazole rings is 1. The Bertz CT molecular complexity index is 472. The van der Waals surface area contributed by atoms with Crippen LogP contribution in [0.4, 0.5) is 0 Å². The van der Waals surface area contributed by atoms with Gasteiger partial charge in [0.15, 0.2) is 0 Å². The highest BCUT2D eigenvalue weighted by Gasteiger charge is 2.30. The van der Waals surface area contributed by atoms with Crippen molar-refractivity contribution >= 4 is 5.97 Å². The number of hydrogen-bond donors (Lipinski definition) is 1. The minimum atomic E-state index is -0.663. The summed E-state index contributed by atoms with van der Waals surface area (Å²) in [4.78, 5) is 15.9. The summed E-state index contributed by atoms with van der Waals surface area (Å²) < 4.78 is 2.18. The Kier molecular flexibility index (Phi) is 2.88. The third-order valence-electron chi connectivity index (χ3n) is 4.57. The zero-order chi connectivity index (χ0) is 12.7. The van der Waals surface area contributed by atoms with Crippen LogP contribution in [0.3, 0.4) is 0 Å². The molecule has 2 aliphatic rings. The van der Waals surface area contributed by atoms with E-state index < -0.39 is 5.97 Å². The van der Waals surface area contributed by atoms with Crippen LogP contribution in [0, 0.1) is 5.92 Å². The first-order valence-corrected chi connectivity index (χ1v) is 6.94. The summed E-state index contributed by atoms with van der Waals surface area (Å²) >= 11 is 0. The van der Waals surface area contributed by atoms with Crippen molar-refractivity contribution in [1.82, 2.24) is 9.55 Å². The Hall–Kier alpha value is -1.32. The first kappa shape index (κ1) is 11.8. The Morgan fingerprint density at radius 3 is 2.72 bits per heavy atom. The number of carboxylic acid groups (broad SMARTS) is 1. The van der Waals surface area contributed by atoms with Gasteiger partial charge >= 0.3 is 5.97 Å². The average Bonchev–Trinajstić information content (AvgIpc) is 2.97. The van der Waals surface area contributed by atoms with Crippen LogP contribution in [0.15, 0.2) is 0 Å². The van der Waals surface area contributed by atoms with Crippen molar-refractivity contribution in [2.24, 2.45) is 13.0 Å². The van der Waals surface area contributed by atoms with Crippen LogP contribution in [0.5, 0.6) is 0 Å². The molecule has 4 heteroatoms. The number of aryl methyl sites for hydroxylation is 1. The second kappa shape index (κ2) is 4.41. The van der Waals surface area contributed by atoms with Gasteiger partial charge in [-0.25, -0.2) is 4.98 Å². The minimum Gasteiger partial charge on any atom is -0.481 e. The van der Waals surface area contributed by atoms with Gasteiger partial charge in [-0.15, -0.1) is 0 Å². The molecule has 3 rings (SSSR count). The lowest BCUT2D eigenvalue weighted by Crippen LogP contribution is -2.23. The molecule has 0 spiro atoms. The molecular weight excluding hydrogens is 228 g/mol. The molecule has 2 aliphatic carbocycles. The summed E-state index contributed by atoms with van der Waals surface area (Å²) in [7, 11) is 2.06. The van der Waals surface area contributed by atoms with Gasteiger partial charge < -0.3 is 9.67 Å². The van der Waals surface area contributed by atoms with Crippen LogP contribution in [-0.4, -0.2) is 20.6 Å². The van der Waals surface area contributed by atoms with E-state index >= 15 is 0 Å². The molecule has 98 valence electrons. The number of carboxylic acids is 1. The number of rotatable bonds is 2. The SMILES string of the molecule is Cn1c(C2CCCC2)nc2c1CC(C(=O)O)CC2. The fraction of sp³-hybridized carbons (Fsp3) is 0.714. The fourth-order valence-corrected chi connectivity index (χ4v) is 3.47. The number of nitrogens with zero attached hydrogens (tertiary/aromatic N) is 2. The van der Waals surface area contributed by atoms with Crippen LogP contribution in [-0.2, 0) is 24.7 Å². The predicted molar refractivity (Wildman–Crippen MR) is 67.6 cm³/mol. The molecule has 0 saturated heterocycles. The third-order valence-corrected chi connectivity index (χ3v) is 4.57. The lowest BCUT2D eigenvalue weighted by atomic mass is 9.90. The molecule has 1 fully saturated rings. The van der Waals surface area contributed by atoms with Crippen LogP contribution < -0.4 is 0 Å². The van der Waals surface area contributed by atoms with E-state index in [1.807, 2.05) is 0 Å². The van der Waals surface area contributed by atoms with Gasteiger partial charge in [-0.1, -0.05) is 12.8 Å². The summed E-state index contributed by atoms with van der Waals surface area (Å²) in [5.74, 6) is 0.918. The van der Waals surface area contributed by atoms with Crippen molar-refractivity contribution < 1.29 is 9.90 Å². The lowest BCUT2D eigenvalue weighted by molar-refractivity contribution is -0.142. The second-order valence-corrected chi connectivity index (χ2v) is 5.68. The van der Waals surface area contributed by atoms with E-state index in [0.717, 1.165) is 24.2 Å². The fourth-order valence-electron chi connectivity index (χ4n) is 3.47. The maximum atomic E-state index is 11.1. The molecule has 1 heterocycles. The zero-order valence-electron chi connectivity index (χ0n) is 10.9. The van der Waals surface area contributed by atoms with Gasteiger partial charge in [0.25, 0.3) is 0 Å². The molecule has 1 unspecified atom stereocenters. The molecule has 1 aromatic heterocycles. The second-order valence-electron chi connectivity index (χ2n) is 5.68. The van der Waals surface area contributed by atoms with E-state index in [1.54, 1.807) is 0 Å². The largest absolute Gasteiger partial charge is 0.481 e. The Labute approximate surface area is 107 Å². The van der Waals surface area contributed by atoms with E-state index in [-0.39, 0.29) is 5.92 Å². The summed E-state index contributed by atoms with van der Waals surface area (Å²) in [6.07, 6.45) is 7.31. The molecule has 1 saturated carbocycles. The molecule has 4 nitrogen and oxygen atoms in total. The van der Waals surface area contributed by atoms with Crippen molar-refractivity contribution in [3.8, 4) is 0 Å². The van der Waals surface area contributed by atoms with E-state index in [2.05, 4.69) is 11.6 Å². The average molecular weight is 248 g/mol. The first-order valence-electron chi connectivity index (χ1n) is 6.94. The molecule has 1 aromatic rings. The number of carbonyl (C=O) groups is 1. The Balaban J connectivity index is 1.90. The van der Waals surface area contributed by atoms with Gasteiger partial charge in [-0.2, -0.15) is 0 Å². The minimum absolute atomic E-state index is 0.218. The van der Waals surface area contributed by atoms with Gasteiger partial charge in [0.1, 0.15) is 5.82 Å². The monoisotopic (exact) mass is 248 g/mol. The van der Waals surface area contributed by atoms with E-state index in [1.165, 1.54) is 31.5 Å². The highest BCUT2D eigenvalue weighted by atomic mass is 16.4. The van der Waals surface area contributed by atoms with Gasteiger partial charge in [-0.3, -0.25) is 4.79 Å². The van der Waals surface area contributed by atoms with Gasteiger partial charge in [0.2, 0.25) is 0 Å². The standard InChI is InChI=1S/C14H20N2O2/c1-16-12-8-10(14(17)18)6-7-11(12)15-13(16)9-4-2-3-5-9/h9-10H,2-8H2,1H3,(H,17,18). The van der Waals surface area contributed by atoms with Gasteiger partial charge in [0, 0.05) is 25.1 Å². The topological polar surface area (TPSA) is 55.1 Å². The normalized spacial score (nSPS) is 24.2. The Morgan fingerprint density at radius 2 is 2.06 bits per heavy atom. The predicted octanol–water partition coefficient (Wildman–Crippen LogP) is 2.27. The molecule has 0 aliphatic heterocycles. The highest BCUT2D eigenvalue weighted by Crippen LogP contribution is 2.36.